The second-order valence-electron chi connectivity index (χ2n) is 10.9. The van der Waals surface area contributed by atoms with Gasteiger partial charge in [0.1, 0.15) is 11.7 Å². The Kier molecular flexibility index (Phi) is 6.25. The van der Waals surface area contributed by atoms with E-state index in [0.717, 1.165) is 60.8 Å². The SMILES string of the molecule is O=C(NCc1ccc2c(c1)OCO2)[C@H]1C[NH+]2CC[C@H]1C[C@@H]2Cn1cc(-c2ccc(-c3ccccc3)cc2)nn1. The first-order chi connectivity index (χ1) is 19.2. The van der Waals surface area contributed by atoms with E-state index in [1.54, 1.807) is 0 Å². The monoisotopic (exact) mass is 522 g/mol. The average Bonchev–Trinajstić information content (AvgIpc) is 3.66. The summed E-state index contributed by atoms with van der Waals surface area (Å²) < 4.78 is 12.8. The van der Waals surface area contributed by atoms with E-state index >= 15 is 0 Å². The first kappa shape index (κ1) is 23.9. The minimum Gasteiger partial charge on any atom is -0.454 e. The van der Waals surface area contributed by atoms with E-state index in [1.165, 1.54) is 16.0 Å². The van der Waals surface area contributed by atoms with E-state index in [4.69, 9.17) is 9.47 Å². The lowest BCUT2D eigenvalue weighted by atomic mass is 9.75. The number of carbonyl (C=O) groups excluding carboxylic acids is 1. The zero-order chi connectivity index (χ0) is 26.2. The molecule has 4 aromatic rings. The van der Waals surface area contributed by atoms with Crippen LogP contribution in [0.1, 0.15) is 18.4 Å². The Bertz CT molecular complexity index is 1470. The van der Waals surface area contributed by atoms with Crippen molar-refractivity contribution in [1.82, 2.24) is 20.3 Å². The number of nitrogens with zero attached hydrogens (tertiary/aromatic N) is 3. The van der Waals surface area contributed by atoms with Gasteiger partial charge in [-0.1, -0.05) is 65.9 Å². The third kappa shape index (κ3) is 4.88. The zero-order valence-corrected chi connectivity index (χ0v) is 21.8. The number of amides is 1. The molecule has 1 amide bonds. The predicted molar refractivity (Wildman–Crippen MR) is 146 cm³/mol. The molecule has 0 saturated carbocycles. The Morgan fingerprint density at radius 2 is 1.77 bits per heavy atom. The fraction of sp³-hybridized carbons (Fsp3) is 0.323. The Hall–Kier alpha value is -4.17. The molecule has 0 radical (unpaired) electrons. The maximum Gasteiger partial charge on any atom is 0.231 e. The fourth-order valence-electron chi connectivity index (χ4n) is 6.40. The van der Waals surface area contributed by atoms with Crippen molar-refractivity contribution in [2.75, 3.05) is 19.9 Å². The summed E-state index contributed by atoms with van der Waals surface area (Å²) in [7, 11) is 0. The molecule has 198 valence electrons. The lowest BCUT2D eigenvalue weighted by Gasteiger charge is -2.46. The molecule has 8 rings (SSSR count). The lowest BCUT2D eigenvalue weighted by molar-refractivity contribution is -0.945. The largest absolute Gasteiger partial charge is 0.454 e. The van der Waals surface area contributed by atoms with Crippen molar-refractivity contribution in [3.63, 3.8) is 0 Å². The number of hydrogen-bond donors (Lipinski definition) is 2. The maximum atomic E-state index is 13.1. The topological polar surface area (TPSA) is 82.7 Å². The molecule has 8 nitrogen and oxygen atoms in total. The highest BCUT2D eigenvalue weighted by molar-refractivity contribution is 5.79. The minimum atomic E-state index is 0.0634. The first-order valence-corrected chi connectivity index (χ1v) is 13.8. The average molecular weight is 523 g/mol. The summed E-state index contributed by atoms with van der Waals surface area (Å²) in [4.78, 5) is 14.6. The van der Waals surface area contributed by atoms with E-state index in [0.29, 0.717) is 18.5 Å². The standard InChI is InChI=1S/C31H31N5O3/c37-31(32-16-21-6-11-29-30(14-21)39-20-38-29)27-18-35-13-12-25(27)15-26(35)17-36-19-28(33-34-36)24-9-7-23(8-10-24)22-4-2-1-3-5-22/h1-11,14,19,25-27H,12-13,15-18,20H2,(H,32,37)/p+1/t25-,26+,27-/m0/s1. The molecule has 4 aliphatic rings. The summed E-state index contributed by atoms with van der Waals surface area (Å²) in [6.07, 6.45) is 4.19. The number of carbonyl (C=O) groups is 1. The molecule has 3 saturated heterocycles. The van der Waals surface area contributed by atoms with Gasteiger partial charge in [-0.25, -0.2) is 4.68 Å². The van der Waals surface area contributed by atoms with E-state index in [1.807, 2.05) is 28.9 Å². The van der Waals surface area contributed by atoms with Crippen molar-refractivity contribution in [3.8, 4) is 33.9 Å². The number of piperidine rings is 3. The van der Waals surface area contributed by atoms with Crippen LogP contribution in [-0.4, -0.2) is 46.8 Å². The van der Waals surface area contributed by atoms with Gasteiger partial charge in [-0.3, -0.25) is 4.79 Å². The van der Waals surface area contributed by atoms with Gasteiger partial charge in [-0.15, -0.1) is 5.10 Å². The molecule has 1 unspecified atom stereocenters. The van der Waals surface area contributed by atoms with E-state index in [-0.39, 0.29) is 18.6 Å². The summed E-state index contributed by atoms with van der Waals surface area (Å²) >= 11 is 0. The summed E-state index contributed by atoms with van der Waals surface area (Å²) in [5.41, 5.74) is 5.38. The summed E-state index contributed by atoms with van der Waals surface area (Å²) in [5.74, 6) is 2.15. The number of aromatic nitrogens is 3. The van der Waals surface area contributed by atoms with Crippen LogP contribution in [0.25, 0.3) is 22.4 Å². The van der Waals surface area contributed by atoms with Crippen molar-refractivity contribution in [1.29, 1.82) is 0 Å². The number of ether oxygens (including phenoxy) is 2. The highest BCUT2D eigenvalue weighted by Crippen LogP contribution is 2.33. The molecule has 3 fully saturated rings. The number of nitrogens with one attached hydrogen (secondary N) is 2. The molecule has 3 aromatic carbocycles. The Balaban J connectivity index is 0.951. The fourth-order valence-corrected chi connectivity index (χ4v) is 6.40. The van der Waals surface area contributed by atoms with Crippen LogP contribution in [0.4, 0.5) is 0 Å². The van der Waals surface area contributed by atoms with Gasteiger partial charge >= 0.3 is 0 Å². The van der Waals surface area contributed by atoms with Crippen LogP contribution in [0.15, 0.2) is 79.0 Å². The molecule has 4 atom stereocenters. The van der Waals surface area contributed by atoms with Crippen LogP contribution in [0.3, 0.4) is 0 Å². The van der Waals surface area contributed by atoms with Gasteiger partial charge in [0.25, 0.3) is 0 Å². The predicted octanol–water partition coefficient (Wildman–Crippen LogP) is 2.95. The van der Waals surface area contributed by atoms with Crippen molar-refractivity contribution >= 4 is 5.91 Å². The van der Waals surface area contributed by atoms with Gasteiger partial charge in [-0.2, -0.15) is 0 Å². The molecule has 2 N–H and O–H groups in total. The van der Waals surface area contributed by atoms with Crippen LogP contribution in [0.2, 0.25) is 0 Å². The van der Waals surface area contributed by atoms with Gasteiger partial charge < -0.3 is 19.7 Å². The van der Waals surface area contributed by atoms with Crippen LogP contribution >= 0.6 is 0 Å². The number of fused-ring (bicyclic) bond motifs is 4. The third-order valence-corrected chi connectivity index (χ3v) is 8.53. The van der Waals surface area contributed by atoms with Crippen LogP contribution in [0.5, 0.6) is 11.5 Å². The number of quaternary nitrogens is 1. The van der Waals surface area contributed by atoms with E-state index in [9.17, 15) is 4.79 Å². The number of rotatable bonds is 7. The summed E-state index contributed by atoms with van der Waals surface area (Å²) in [6, 6.07) is 25.2. The molecular weight excluding hydrogens is 490 g/mol. The molecule has 5 heterocycles. The normalized spacial score (nSPS) is 23.1. The van der Waals surface area contributed by atoms with E-state index in [2.05, 4.69) is 70.4 Å². The number of hydrogen-bond acceptors (Lipinski definition) is 5. The van der Waals surface area contributed by atoms with Crippen LogP contribution < -0.4 is 19.7 Å². The van der Waals surface area contributed by atoms with Gasteiger partial charge in [0.2, 0.25) is 12.7 Å². The molecule has 4 aliphatic heterocycles. The van der Waals surface area contributed by atoms with Crippen molar-refractivity contribution in [2.45, 2.75) is 32.0 Å². The molecule has 39 heavy (non-hydrogen) atoms. The second kappa shape index (κ2) is 10.2. The molecule has 1 aromatic heterocycles. The molecule has 8 heteroatoms. The van der Waals surface area contributed by atoms with Gasteiger partial charge in [0, 0.05) is 24.9 Å². The molecule has 0 spiro atoms. The Labute approximate surface area is 227 Å². The highest BCUT2D eigenvalue weighted by atomic mass is 16.7. The number of benzene rings is 3. The van der Waals surface area contributed by atoms with Gasteiger partial charge in [-0.05, 0) is 34.7 Å². The van der Waals surface area contributed by atoms with Crippen molar-refractivity contribution in [3.05, 3.63) is 84.6 Å². The third-order valence-electron chi connectivity index (χ3n) is 8.53. The molecular formula is C31H32N5O3+. The van der Waals surface area contributed by atoms with Crippen LogP contribution in [-0.2, 0) is 17.9 Å². The summed E-state index contributed by atoms with van der Waals surface area (Å²) in [5, 5.41) is 12.1. The highest BCUT2D eigenvalue weighted by Gasteiger charge is 2.46. The van der Waals surface area contributed by atoms with Gasteiger partial charge in [0.15, 0.2) is 11.5 Å². The maximum absolute atomic E-state index is 13.1. The Morgan fingerprint density at radius 3 is 2.59 bits per heavy atom. The quantitative estimate of drug-likeness (QED) is 0.390. The lowest BCUT2D eigenvalue weighted by Crippen LogP contribution is -3.20. The second-order valence-corrected chi connectivity index (χ2v) is 10.9. The Morgan fingerprint density at radius 1 is 0.974 bits per heavy atom. The van der Waals surface area contributed by atoms with Gasteiger partial charge in [0.05, 0.1) is 31.7 Å². The van der Waals surface area contributed by atoms with Crippen LogP contribution in [0, 0.1) is 11.8 Å². The smallest absolute Gasteiger partial charge is 0.231 e. The molecule has 0 aliphatic carbocycles. The van der Waals surface area contributed by atoms with Crippen molar-refractivity contribution < 1.29 is 19.2 Å². The minimum absolute atomic E-state index is 0.0634. The first-order valence-electron chi connectivity index (χ1n) is 13.8. The van der Waals surface area contributed by atoms with Crippen molar-refractivity contribution in [2.24, 2.45) is 11.8 Å². The zero-order valence-electron chi connectivity index (χ0n) is 21.8. The van der Waals surface area contributed by atoms with E-state index < -0.39 is 0 Å². The molecule has 2 bridgehead atoms. The summed E-state index contributed by atoms with van der Waals surface area (Å²) in [6.45, 7) is 3.58.